The van der Waals surface area contributed by atoms with Crippen LogP contribution in [0.15, 0.2) is 59.6 Å². The molecule has 2 atom stereocenters. The number of likely N-dealkylation sites (N-methyl/N-ethyl adjacent to an activating group) is 1. The summed E-state index contributed by atoms with van der Waals surface area (Å²) in [4.78, 5) is 44.3. The number of aryl methyl sites for hydroxylation is 1. The van der Waals surface area contributed by atoms with E-state index in [0.29, 0.717) is 5.56 Å². The zero-order valence-corrected chi connectivity index (χ0v) is 31.9. The molecule has 290 valence electrons. The summed E-state index contributed by atoms with van der Waals surface area (Å²) in [5, 5.41) is 22.5. The molecule has 5 N–H and O–H groups in total. The maximum absolute atomic E-state index is 16.1. The minimum atomic E-state index is -4.08. The second kappa shape index (κ2) is 16.3. The van der Waals surface area contributed by atoms with Gasteiger partial charge in [0, 0.05) is 43.7 Å². The second-order valence-corrected chi connectivity index (χ2v) is 16.1. The molecule has 3 aromatic carbocycles. The SMILES string of the molecule is CCCS(=O)(=O)c1c(F)cc(N)cc1CN(C)C(=O)C(Nc1cc(F)c2c(N(C(=O)O)C(=O)OC(C)(C)C)nccc2c1)c1ccc([C@@H](C)CO)c(C)c1. The predicted octanol–water partition coefficient (Wildman–Crippen LogP) is 6.91. The highest BCUT2D eigenvalue weighted by Gasteiger charge is 2.33. The van der Waals surface area contributed by atoms with Gasteiger partial charge in [0.2, 0.25) is 5.91 Å². The van der Waals surface area contributed by atoms with Gasteiger partial charge in [-0.2, -0.15) is 4.90 Å². The van der Waals surface area contributed by atoms with Gasteiger partial charge in [-0.25, -0.2) is 31.8 Å². The average molecular weight is 770 g/mol. The summed E-state index contributed by atoms with van der Waals surface area (Å²) in [5.74, 6) is -3.69. The third kappa shape index (κ3) is 9.23. The van der Waals surface area contributed by atoms with E-state index in [1.165, 1.54) is 57.1 Å². The van der Waals surface area contributed by atoms with E-state index in [4.69, 9.17) is 10.5 Å². The topological polar surface area (TPSA) is 192 Å². The monoisotopic (exact) mass is 769 g/mol. The van der Waals surface area contributed by atoms with Gasteiger partial charge in [0.05, 0.1) is 11.1 Å². The van der Waals surface area contributed by atoms with Crippen molar-refractivity contribution >= 4 is 55.9 Å². The highest BCUT2D eigenvalue weighted by atomic mass is 32.2. The first-order chi connectivity index (χ1) is 25.2. The summed E-state index contributed by atoms with van der Waals surface area (Å²) >= 11 is 0. The van der Waals surface area contributed by atoms with E-state index in [2.05, 4.69) is 10.3 Å². The Morgan fingerprint density at radius 3 is 2.33 bits per heavy atom. The summed E-state index contributed by atoms with van der Waals surface area (Å²) in [6.45, 7) is 9.43. The lowest BCUT2D eigenvalue weighted by atomic mass is 9.93. The first kappa shape index (κ1) is 41.4. The number of nitrogen functional groups attached to an aromatic ring is 1. The van der Waals surface area contributed by atoms with Gasteiger partial charge in [0.1, 0.15) is 28.2 Å². The van der Waals surface area contributed by atoms with Gasteiger partial charge < -0.3 is 30.9 Å². The normalized spacial score (nSPS) is 12.9. The largest absolute Gasteiger partial charge is 0.464 e. The molecular formula is C38H45F2N5O8S. The van der Waals surface area contributed by atoms with Crippen molar-refractivity contribution in [3.63, 3.8) is 0 Å². The van der Waals surface area contributed by atoms with Crippen LogP contribution in [0.3, 0.4) is 0 Å². The highest BCUT2D eigenvalue weighted by Crippen LogP contribution is 2.34. The van der Waals surface area contributed by atoms with E-state index in [0.717, 1.165) is 23.3 Å². The van der Waals surface area contributed by atoms with Gasteiger partial charge in [0.25, 0.3) is 0 Å². The van der Waals surface area contributed by atoms with Gasteiger partial charge in [-0.05, 0) is 92.1 Å². The number of sulfone groups is 1. The van der Waals surface area contributed by atoms with Crippen molar-refractivity contribution in [1.82, 2.24) is 9.88 Å². The zero-order chi connectivity index (χ0) is 40.3. The second-order valence-electron chi connectivity index (χ2n) is 14.1. The number of carboxylic acid groups (broad SMARTS) is 1. The van der Waals surface area contributed by atoms with Crippen LogP contribution in [0.25, 0.3) is 10.8 Å². The molecule has 0 bridgehead atoms. The lowest BCUT2D eigenvalue weighted by Gasteiger charge is -2.28. The number of rotatable bonds is 12. The number of carbonyl (C=O) groups excluding carboxylic acids is 2. The van der Waals surface area contributed by atoms with Crippen LogP contribution in [-0.2, 0) is 25.9 Å². The number of amides is 3. The number of imide groups is 1. The van der Waals surface area contributed by atoms with Crippen molar-refractivity contribution in [3.8, 4) is 0 Å². The van der Waals surface area contributed by atoms with Crippen LogP contribution in [0, 0.1) is 18.6 Å². The number of aliphatic hydroxyl groups is 1. The molecule has 0 aliphatic carbocycles. The molecule has 54 heavy (non-hydrogen) atoms. The Bertz CT molecular complexity index is 2190. The molecule has 1 aromatic heterocycles. The molecule has 0 spiro atoms. The summed E-state index contributed by atoms with van der Waals surface area (Å²) in [6.07, 6.45) is -1.62. The summed E-state index contributed by atoms with van der Waals surface area (Å²) in [7, 11) is -2.68. The lowest BCUT2D eigenvalue weighted by Crippen LogP contribution is -2.40. The highest BCUT2D eigenvalue weighted by molar-refractivity contribution is 7.91. The molecule has 4 rings (SSSR count). The number of nitrogens with two attached hydrogens (primary N) is 1. The van der Waals surface area contributed by atoms with Crippen molar-refractivity contribution in [2.45, 2.75) is 77.0 Å². The molecular weight excluding hydrogens is 725 g/mol. The molecule has 16 heteroatoms. The first-order valence-corrected chi connectivity index (χ1v) is 18.7. The Labute approximate surface area is 312 Å². The standard InChI is InChI=1S/C38H45F2N5O8S/c1-8-13-54(51,52)33-25(15-26(41)17-30(33)40)19-44(7)35(47)32(24-9-10-28(21(2)14-24)22(3)20-46)43-27-16-23-11-12-42-34(31(23)29(39)18-27)45(36(48)49)37(50)53-38(4,5)6/h9-12,14-18,22,32,43,46H,8,13,19-20,41H2,1-7H3,(H,48,49)/t22-,32?/m0/s1. The van der Waals surface area contributed by atoms with Crippen molar-refractivity contribution in [1.29, 1.82) is 0 Å². The van der Waals surface area contributed by atoms with Crippen LogP contribution in [0.5, 0.6) is 0 Å². The van der Waals surface area contributed by atoms with E-state index in [1.807, 2.05) is 6.92 Å². The molecule has 0 saturated carbocycles. The molecule has 3 amide bonds. The smallest absolute Gasteiger partial charge is 0.425 e. The molecule has 4 aromatic rings. The van der Waals surface area contributed by atoms with Gasteiger partial charge >= 0.3 is 12.2 Å². The fourth-order valence-electron chi connectivity index (χ4n) is 6.11. The molecule has 13 nitrogen and oxygen atoms in total. The number of benzene rings is 3. The Kier molecular flexibility index (Phi) is 12.5. The Morgan fingerprint density at radius 2 is 1.74 bits per heavy atom. The summed E-state index contributed by atoms with van der Waals surface area (Å²) in [6, 6.07) is 9.98. The summed E-state index contributed by atoms with van der Waals surface area (Å²) < 4.78 is 62.7. The van der Waals surface area contributed by atoms with E-state index >= 15 is 8.78 Å². The van der Waals surface area contributed by atoms with E-state index in [9.17, 15) is 33.0 Å². The van der Waals surface area contributed by atoms with Crippen molar-refractivity contribution in [2.24, 2.45) is 0 Å². The van der Waals surface area contributed by atoms with E-state index in [1.54, 1.807) is 32.0 Å². The fourth-order valence-corrected chi connectivity index (χ4v) is 7.73. The molecule has 1 unspecified atom stereocenters. The number of halogens is 2. The number of pyridine rings is 1. The number of carbonyl (C=O) groups is 3. The number of hydrogen-bond donors (Lipinski definition) is 4. The van der Waals surface area contributed by atoms with Crippen LogP contribution in [0.2, 0.25) is 0 Å². The fraction of sp³-hybridized carbons (Fsp3) is 0.368. The van der Waals surface area contributed by atoms with Crippen LogP contribution < -0.4 is 16.0 Å². The van der Waals surface area contributed by atoms with Gasteiger partial charge in [0.15, 0.2) is 15.7 Å². The number of ether oxygens (including phenoxy) is 1. The molecule has 1 heterocycles. The number of aliphatic hydroxyl groups excluding tert-OH is 1. The average Bonchev–Trinajstić information content (AvgIpc) is 3.05. The molecule has 0 saturated heterocycles. The Balaban J connectivity index is 1.82. The lowest BCUT2D eigenvalue weighted by molar-refractivity contribution is -0.131. The Hall–Kier alpha value is -5.35. The van der Waals surface area contributed by atoms with Crippen molar-refractivity contribution in [3.05, 3.63) is 88.6 Å². The van der Waals surface area contributed by atoms with Gasteiger partial charge in [-0.1, -0.05) is 32.0 Å². The Morgan fingerprint density at radius 1 is 1.06 bits per heavy atom. The number of anilines is 3. The zero-order valence-electron chi connectivity index (χ0n) is 31.1. The minimum Gasteiger partial charge on any atom is -0.464 e. The number of hydrogen-bond acceptors (Lipinski definition) is 10. The molecule has 0 fully saturated rings. The van der Waals surface area contributed by atoms with Gasteiger partial charge in [-0.15, -0.1) is 0 Å². The maximum atomic E-state index is 16.1. The van der Waals surface area contributed by atoms with E-state index in [-0.39, 0.29) is 63.9 Å². The van der Waals surface area contributed by atoms with Crippen LogP contribution in [0.1, 0.15) is 75.3 Å². The van der Waals surface area contributed by atoms with Crippen molar-refractivity contribution in [2.75, 3.05) is 35.4 Å². The van der Waals surface area contributed by atoms with Crippen LogP contribution in [0.4, 0.5) is 35.6 Å². The number of aromatic nitrogens is 1. The minimum absolute atomic E-state index is 0.0244. The molecule has 0 aliphatic heterocycles. The first-order valence-electron chi connectivity index (χ1n) is 17.1. The third-order valence-electron chi connectivity index (χ3n) is 8.47. The summed E-state index contributed by atoms with van der Waals surface area (Å²) in [5.41, 5.74) is 6.84. The van der Waals surface area contributed by atoms with Crippen LogP contribution >= 0.6 is 0 Å². The van der Waals surface area contributed by atoms with Crippen LogP contribution in [-0.4, -0.2) is 71.6 Å². The van der Waals surface area contributed by atoms with E-state index < -0.39 is 61.9 Å². The number of nitrogens with one attached hydrogen (secondary N) is 1. The molecule has 0 radical (unpaired) electrons. The van der Waals surface area contributed by atoms with Crippen molar-refractivity contribution < 1.29 is 46.5 Å². The quantitative estimate of drug-likeness (QED) is 0.109. The maximum Gasteiger partial charge on any atom is 0.425 e. The number of nitrogens with zero attached hydrogens (tertiary/aromatic N) is 3. The molecule has 0 aliphatic rings. The third-order valence-corrected chi connectivity index (χ3v) is 10.5. The van der Waals surface area contributed by atoms with Gasteiger partial charge in [-0.3, -0.25) is 4.79 Å². The predicted molar refractivity (Wildman–Crippen MR) is 201 cm³/mol. The number of fused-ring (bicyclic) bond motifs is 1.